The number of esters is 1. The van der Waals surface area contributed by atoms with Gasteiger partial charge in [0, 0.05) is 11.8 Å². The Labute approximate surface area is 129 Å². The number of benzene rings is 1. The summed E-state index contributed by atoms with van der Waals surface area (Å²) in [4.78, 5) is 11.4. The largest absolute Gasteiger partial charge is 0.573 e. The fraction of sp³-hybridized carbons (Fsp3) is 0.286. The van der Waals surface area contributed by atoms with Gasteiger partial charge in [0.05, 0.1) is 13.2 Å². The molecule has 0 amide bonds. The lowest BCUT2D eigenvalue weighted by molar-refractivity contribution is -0.274. The summed E-state index contributed by atoms with van der Waals surface area (Å²) >= 11 is 0. The van der Waals surface area contributed by atoms with Crippen molar-refractivity contribution in [2.45, 2.75) is 19.8 Å². The lowest BCUT2D eigenvalue weighted by atomic mass is 10.3. The van der Waals surface area contributed by atoms with E-state index in [4.69, 9.17) is 9.26 Å². The first-order valence-electron chi connectivity index (χ1n) is 6.60. The van der Waals surface area contributed by atoms with E-state index in [9.17, 15) is 18.0 Å². The van der Waals surface area contributed by atoms with Crippen molar-refractivity contribution in [3.8, 4) is 5.75 Å². The van der Waals surface area contributed by atoms with Crippen LogP contribution >= 0.6 is 0 Å². The van der Waals surface area contributed by atoms with Crippen LogP contribution in [0.3, 0.4) is 0 Å². The fourth-order valence-corrected chi connectivity index (χ4v) is 1.66. The molecular formula is C14H13F3N2O4. The second-order valence-corrected chi connectivity index (χ2v) is 4.32. The van der Waals surface area contributed by atoms with Gasteiger partial charge in [-0.2, -0.15) is 0 Å². The molecule has 0 spiro atoms. The van der Waals surface area contributed by atoms with E-state index in [-0.39, 0.29) is 24.6 Å². The summed E-state index contributed by atoms with van der Waals surface area (Å²) in [5.74, 6) is -0.521. The van der Waals surface area contributed by atoms with E-state index in [1.807, 2.05) is 0 Å². The first-order valence-corrected chi connectivity index (χ1v) is 6.60. The zero-order valence-electron chi connectivity index (χ0n) is 12.0. The number of carbonyl (C=O) groups excluding carboxylic acids is 1. The fourth-order valence-electron chi connectivity index (χ4n) is 1.66. The highest BCUT2D eigenvalue weighted by Gasteiger charge is 2.30. The predicted octanol–water partition coefficient (Wildman–Crippen LogP) is 3.36. The highest BCUT2D eigenvalue weighted by molar-refractivity contribution is 5.87. The number of carbonyl (C=O) groups is 1. The molecule has 2 rings (SSSR count). The molecule has 9 heteroatoms. The molecule has 0 radical (unpaired) electrons. The third-order valence-electron chi connectivity index (χ3n) is 2.60. The van der Waals surface area contributed by atoms with E-state index in [1.54, 1.807) is 6.92 Å². The van der Waals surface area contributed by atoms with Gasteiger partial charge in [0.1, 0.15) is 5.75 Å². The van der Waals surface area contributed by atoms with Crippen molar-refractivity contribution in [2.24, 2.45) is 0 Å². The Balaban J connectivity index is 1.90. The van der Waals surface area contributed by atoms with Crippen LogP contribution in [-0.2, 0) is 11.3 Å². The average molecular weight is 330 g/mol. The molecule has 0 aliphatic heterocycles. The molecule has 1 aromatic carbocycles. The van der Waals surface area contributed by atoms with Crippen LogP contribution in [0.25, 0.3) is 0 Å². The van der Waals surface area contributed by atoms with Crippen LogP contribution in [0.2, 0.25) is 0 Å². The minimum Gasteiger partial charge on any atom is -0.461 e. The van der Waals surface area contributed by atoms with E-state index >= 15 is 0 Å². The summed E-state index contributed by atoms with van der Waals surface area (Å²) in [5.41, 5.74) is 0.603. The summed E-state index contributed by atoms with van der Waals surface area (Å²) < 4.78 is 49.6. The van der Waals surface area contributed by atoms with Crippen molar-refractivity contribution >= 4 is 11.7 Å². The quantitative estimate of drug-likeness (QED) is 0.819. The monoisotopic (exact) mass is 330 g/mol. The Kier molecular flexibility index (Phi) is 5.09. The Morgan fingerprint density at radius 3 is 2.61 bits per heavy atom. The second kappa shape index (κ2) is 7.03. The molecule has 0 aliphatic carbocycles. The number of halogens is 3. The third-order valence-corrected chi connectivity index (χ3v) is 2.60. The van der Waals surface area contributed by atoms with Crippen LogP contribution in [0.15, 0.2) is 34.9 Å². The zero-order chi connectivity index (χ0) is 16.9. The molecule has 1 aromatic heterocycles. The molecule has 0 unspecified atom stereocenters. The summed E-state index contributed by atoms with van der Waals surface area (Å²) in [6, 6.07) is 6.63. The molecule has 0 saturated carbocycles. The van der Waals surface area contributed by atoms with Crippen molar-refractivity contribution in [1.82, 2.24) is 5.16 Å². The summed E-state index contributed by atoms with van der Waals surface area (Å²) in [6.07, 6.45) is -4.72. The van der Waals surface area contributed by atoms with Gasteiger partial charge in [-0.1, -0.05) is 5.16 Å². The van der Waals surface area contributed by atoms with E-state index in [1.165, 1.54) is 30.3 Å². The molecule has 0 fully saturated rings. The number of alkyl halides is 3. The number of nitrogens with one attached hydrogen (secondary N) is 1. The second-order valence-electron chi connectivity index (χ2n) is 4.32. The number of ether oxygens (including phenoxy) is 2. The molecule has 124 valence electrons. The first kappa shape index (κ1) is 16.7. The SMILES string of the molecule is CCOC(=O)c1cc(CNc2ccc(OC(F)(F)F)cc2)on1. The zero-order valence-corrected chi connectivity index (χ0v) is 12.0. The molecule has 2 aromatic rings. The molecule has 1 N–H and O–H groups in total. The van der Waals surface area contributed by atoms with Crippen molar-refractivity contribution in [1.29, 1.82) is 0 Å². The Bertz CT molecular complexity index is 653. The highest BCUT2D eigenvalue weighted by Crippen LogP contribution is 2.24. The maximum atomic E-state index is 12.0. The van der Waals surface area contributed by atoms with Crippen LogP contribution in [0.1, 0.15) is 23.2 Å². The van der Waals surface area contributed by atoms with Crippen molar-refractivity contribution in [3.63, 3.8) is 0 Å². The summed E-state index contributed by atoms with van der Waals surface area (Å²) in [6.45, 7) is 2.10. The third kappa shape index (κ3) is 5.20. The van der Waals surface area contributed by atoms with Crippen LogP contribution in [0.4, 0.5) is 18.9 Å². The van der Waals surface area contributed by atoms with Crippen LogP contribution in [0, 0.1) is 0 Å². The van der Waals surface area contributed by atoms with Gasteiger partial charge < -0.3 is 19.3 Å². The maximum absolute atomic E-state index is 12.0. The van der Waals surface area contributed by atoms with Crippen molar-refractivity contribution in [2.75, 3.05) is 11.9 Å². The number of nitrogens with zero attached hydrogens (tertiary/aromatic N) is 1. The Morgan fingerprint density at radius 1 is 1.30 bits per heavy atom. The molecule has 1 heterocycles. The van der Waals surface area contributed by atoms with Crippen molar-refractivity contribution in [3.05, 3.63) is 41.8 Å². The van der Waals surface area contributed by atoms with Gasteiger partial charge in [-0.25, -0.2) is 4.79 Å². The lowest BCUT2D eigenvalue weighted by Crippen LogP contribution is -2.17. The number of hydrogen-bond donors (Lipinski definition) is 1. The molecular weight excluding hydrogens is 317 g/mol. The number of anilines is 1. The van der Waals surface area contributed by atoms with Gasteiger partial charge in [-0.15, -0.1) is 13.2 Å². The van der Waals surface area contributed by atoms with E-state index in [0.29, 0.717) is 11.4 Å². The van der Waals surface area contributed by atoms with E-state index in [0.717, 1.165) is 0 Å². The molecule has 0 saturated heterocycles. The van der Waals surface area contributed by atoms with Gasteiger partial charge in [0.15, 0.2) is 11.5 Å². The lowest BCUT2D eigenvalue weighted by Gasteiger charge is -2.09. The molecule has 0 bridgehead atoms. The van der Waals surface area contributed by atoms with Gasteiger partial charge in [0.2, 0.25) is 0 Å². The van der Waals surface area contributed by atoms with E-state index < -0.39 is 12.3 Å². The number of rotatable bonds is 6. The minimum absolute atomic E-state index is 0.0533. The van der Waals surface area contributed by atoms with Gasteiger partial charge in [-0.05, 0) is 31.2 Å². The van der Waals surface area contributed by atoms with Crippen LogP contribution < -0.4 is 10.1 Å². The molecule has 6 nitrogen and oxygen atoms in total. The summed E-state index contributed by atoms with van der Waals surface area (Å²) in [5, 5.41) is 6.48. The topological polar surface area (TPSA) is 73.6 Å². The van der Waals surface area contributed by atoms with Crippen molar-refractivity contribution < 1.29 is 32.0 Å². The molecule has 0 aliphatic rings. The van der Waals surface area contributed by atoms with Crippen LogP contribution in [-0.4, -0.2) is 24.1 Å². The standard InChI is InChI=1S/C14H13F3N2O4/c1-2-21-13(20)12-7-11(23-19-12)8-18-9-3-5-10(6-4-9)22-14(15,16)17/h3-7,18H,2,8H2,1H3. The van der Waals surface area contributed by atoms with Crippen LogP contribution in [0.5, 0.6) is 5.75 Å². The van der Waals surface area contributed by atoms with Gasteiger partial charge in [0.25, 0.3) is 0 Å². The Hall–Kier alpha value is -2.71. The summed E-state index contributed by atoms with van der Waals surface area (Å²) in [7, 11) is 0. The van der Waals surface area contributed by atoms with E-state index in [2.05, 4.69) is 15.2 Å². The molecule has 23 heavy (non-hydrogen) atoms. The number of hydrogen-bond acceptors (Lipinski definition) is 6. The minimum atomic E-state index is -4.72. The molecule has 0 atom stereocenters. The predicted molar refractivity (Wildman–Crippen MR) is 72.9 cm³/mol. The highest BCUT2D eigenvalue weighted by atomic mass is 19.4. The maximum Gasteiger partial charge on any atom is 0.573 e. The smallest absolute Gasteiger partial charge is 0.461 e. The normalized spacial score (nSPS) is 11.1. The average Bonchev–Trinajstić information content (AvgIpc) is 2.94. The number of aromatic nitrogens is 1. The Morgan fingerprint density at radius 2 is 2.00 bits per heavy atom. The van der Waals surface area contributed by atoms with Gasteiger partial charge in [-0.3, -0.25) is 0 Å². The first-order chi connectivity index (χ1) is 10.9. The van der Waals surface area contributed by atoms with Gasteiger partial charge >= 0.3 is 12.3 Å².